The molecule has 1 aromatic rings. The number of benzene rings is 1. The first-order chi connectivity index (χ1) is 14.5. The molecule has 2 aliphatic heterocycles. The highest BCUT2D eigenvalue weighted by Gasteiger charge is 2.52. The van der Waals surface area contributed by atoms with E-state index >= 15 is 0 Å². The molecule has 164 valence electrons. The molecule has 3 aliphatic rings. The summed E-state index contributed by atoms with van der Waals surface area (Å²) in [6.45, 7) is 3.35. The predicted octanol–water partition coefficient (Wildman–Crippen LogP) is 3.69. The number of nitrogens with one attached hydrogen (secondary N) is 1. The van der Waals surface area contributed by atoms with E-state index in [9.17, 15) is 9.59 Å². The van der Waals surface area contributed by atoms with Gasteiger partial charge in [0, 0.05) is 18.2 Å². The van der Waals surface area contributed by atoms with Crippen molar-refractivity contribution in [1.82, 2.24) is 15.1 Å². The maximum atomic E-state index is 13.3. The van der Waals surface area contributed by atoms with Crippen molar-refractivity contribution in [1.29, 1.82) is 0 Å². The molecule has 1 saturated carbocycles. The van der Waals surface area contributed by atoms with Gasteiger partial charge in [-0.2, -0.15) is 0 Å². The van der Waals surface area contributed by atoms with E-state index in [1.807, 2.05) is 18.2 Å². The molecular weight excluding hydrogens is 382 g/mol. The molecule has 2 heterocycles. The third-order valence-corrected chi connectivity index (χ3v) is 7.26. The summed E-state index contributed by atoms with van der Waals surface area (Å²) in [5.74, 6) is 2.20. The molecule has 0 radical (unpaired) electrons. The molecule has 7 nitrogen and oxygen atoms in total. The Morgan fingerprint density at radius 2 is 1.90 bits per heavy atom. The van der Waals surface area contributed by atoms with Gasteiger partial charge in [-0.05, 0) is 62.6 Å². The average molecular weight is 416 g/mol. The fourth-order valence-electron chi connectivity index (χ4n) is 5.35. The van der Waals surface area contributed by atoms with Crippen LogP contribution >= 0.6 is 0 Å². The van der Waals surface area contributed by atoms with Crippen LogP contribution in [0.1, 0.15) is 63.5 Å². The van der Waals surface area contributed by atoms with E-state index in [1.54, 1.807) is 14.2 Å². The van der Waals surface area contributed by atoms with Gasteiger partial charge in [-0.15, -0.1) is 0 Å². The summed E-state index contributed by atoms with van der Waals surface area (Å²) >= 11 is 0. The Morgan fingerprint density at radius 3 is 2.57 bits per heavy atom. The summed E-state index contributed by atoms with van der Waals surface area (Å²) < 4.78 is 11.0. The number of hydrogen-bond acceptors (Lipinski definition) is 5. The van der Waals surface area contributed by atoms with E-state index in [-0.39, 0.29) is 18.0 Å². The number of carbonyl (C=O) groups excluding carboxylic acids is 2. The van der Waals surface area contributed by atoms with Crippen molar-refractivity contribution in [2.45, 2.75) is 63.5 Å². The Bertz CT molecular complexity index is 804. The predicted molar refractivity (Wildman–Crippen MR) is 113 cm³/mol. The van der Waals surface area contributed by atoms with Gasteiger partial charge >= 0.3 is 6.03 Å². The van der Waals surface area contributed by atoms with Crippen LogP contribution < -0.4 is 14.8 Å². The minimum absolute atomic E-state index is 0.0506. The van der Waals surface area contributed by atoms with Crippen LogP contribution in [0.25, 0.3) is 0 Å². The van der Waals surface area contributed by atoms with Gasteiger partial charge in [-0.1, -0.05) is 13.3 Å². The molecule has 7 heteroatoms. The summed E-state index contributed by atoms with van der Waals surface area (Å²) in [7, 11) is 3.32. The SMILES string of the molecule is CCC1CCC2(CC1)NC(=O)N(CN1CCC[C@@H]1c1cc(OC)ccc1OC)C2=O. The second kappa shape index (κ2) is 8.46. The normalized spacial score (nSPS) is 29.5. The number of hydrogen-bond donors (Lipinski definition) is 1. The molecular formula is C23H33N3O4. The zero-order valence-electron chi connectivity index (χ0n) is 18.3. The number of methoxy groups -OCH3 is 2. The Morgan fingerprint density at radius 1 is 1.13 bits per heavy atom. The number of likely N-dealkylation sites (tertiary alicyclic amines) is 1. The van der Waals surface area contributed by atoms with Crippen LogP contribution in [0, 0.1) is 5.92 Å². The first kappa shape index (κ1) is 21.0. The summed E-state index contributed by atoms with van der Waals surface area (Å²) in [5, 5.41) is 3.05. The third-order valence-electron chi connectivity index (χ3n) is 7.26. The van der Waals surface area contributed by atoms with Crippen LogP contribution in [0.4, 0.5) is 4.79 Å². The largest absolute Gasteiger partial charge is 0.497 e. The van der Waals surface area contributed by atoms with Gasteiger partial charge in [0.15, 0.2) is 0 Å². The standard InChI is InChI=1S/C23H33N3O4/c1-4-16-9-11-23(12-10-16)21(27)26(22(28)24-23)15-25-13-5-6-19(25)18-14-17(29-2)7-8-20(18)30-3/h7-8,14,16,19H,4-6,9-13,15H2,1-3H3,(H,24,28)/t16?,19-,23?/m1/s1. The molecule has 3 amide bonds. The van der Waals surface area contributed by atoms with Crippen LogP contribution in [-0.2, 0) is 4.79 Å². The highest BCUT2D eigenvalue weighted by Crippen LogP contribution is 2.41. The highest BCUT2D eigenvalue weighted by atomic mass is 16.5. The topological polar surface area (TPSA) is 71.1 Å². The molecule has 1 aliphatic carbocycles. The Balaban J connectivity index is 1.51. The maximum Gasteiger partial charge on any atom is 0.326 e. The first-order valence-corrected chi connectivity index (χ1v) is 11.1. The fraction of sp³-hybridized carbons (Fsp3) is 0.652. The molecule has 4 rings (SSSR count). The summed E-state index contributed by atoms with van der Waals surface area (Å²) in [5.41, 5.74) is 0.352. The van der Waals surface area contributed by atoms with Gasteiger partial charge < -0.3 is 14.8 Å². The lowest BCUT2D eigenvalue weighted by atomic mass is 9.75. The number of carbonyl (C=O) groups is 2. The lowest BCUT2D eigenvalue weighted by Gasteiger charge is -2.35. The van der Waals surface area contributed by atoms with Gasteiger partial charge in [-0.25, -0.2) is 9.69 Å². The lowest BCUT2D eigenvalue weighted by molar-refractivity contribution is -0.134. The van der Waals surface area contributed by atoms with Gasteiger partial charge in [0.05, 0.1) is 20.9 Å². The van der Waals surface area contributed by atoms with Crippen molar-refractivity contribution < 1.29 is 19.1 Å². The van der Waals surface area contributed by atoms with Gasteiger partial charge in [-0.3, -0.25) is 9.69 Å². The van der Waals surface area contributed by atoms with E-state index < -0.39 is 5.54 Å². The lowest BCUT2D eigenvalue weighted by Crippen LogP contribution is -2.50. The molecule has 3 fully saturated rings. The Kier molecular flexibility index (Phi) is 5.91. The van der Waals surface area contributed by atoms with Crippen LogP contribution in [0.5, 0.6) is 11.5 Å². The highest BCUT2D eigenvalue weighted by molar-refractivity contribution is 6.07. The third kappa shape index (κ3) is 3.64. The van der Waals surface area contributed by atoms with Crippen molar-refractivity contribution in [3.05, 3.63) is 23.8 Å². The van der Waals surface area contributed by atoms with E-state index in [2.05, 4.69) is 17.1 Å². The summed E-state index contributed by atoms with van der Waals surface area (Å²) in [4.78, 5) is 29.7. The number of urea groups is 1. The smallest absolute Gasteiger partial charge is 0.326 e. The molecule has 1 N–H and O–H groups in total. The summed E-state index contributed by atoms with van der Waals surface area (Å²) in [6.07, 6.45) is 6.61. The molecule has 1 aromatic carbocycles. The molecule has 0 aromatic heterocycles. The fourth-order valence-corrected chi connectivity index (χ4v) is 5.35. The van der Waals surface area contributed by atoms with Crippen LogP contribution in [0.15, 0.2) is 18.2 Å². The van der Waals surface area contributed by atoms with Crippen LogP contribution in [0.2, 0.25) is 0 Å². The Hall–Kier alpha value is -2.28. The number of imide groups is 1. The molecule has 0 unspecified atom stereocenters. The molecule has 30 heavy (non-hydrogen) atoms. The zero-order chi connectivity index (χ0) is 21.3. The zero-order valence-corrected chi connectivity index (χ0v) is 18.3. The van der Waals surface area contributed by atoms with Crippen LogP contribution in [-0.4, -0.2) is 54.7 Å². The van der Waals surface area contributed by atoms with Gasteiger partial charge in [0.1, 0.15) is 17.0 Å². The van der Waals surface area contributed by atoms with Crippen molar-refractivity contribution in [2.75, 3.05) is 27.4 Å². The van der Waals surface area contributed by atoms with Crippen molar-refractivity contribution >= 4 is 11.9 Å². The van der Waals surface area contributed by atoms with E-state index in [0.29, 0.717) is 12.6 Å². The monoisotopic (exact) mass is 415 g/mol. The first-order valence-electron chi connectivity index (χ1n) is 11.1. The second-order valence-electron chi connectivity index (χ2n) is 8.82. The minimum atomic E-state index is -0.689. The number of nitrogens with zero attached hydrogens (tertiary/aromatic N) is 2. The van der Waals surface area contributed by atoms with Gasteiger partial charge in [0.25, 0.3) is 5.91 Å². The van der Waals surface area contributed by atoms with Crippen molar-refractivity contribution in [3.8, 4) is 11.5 Å². The van der Waals surface area contributed by atoms with Crippen molar-refractivity contribution in [3.63, 3.8) is 0 Å². The van der Waals surface area contributed by atoms with Crippen LogP contribution in [0.3, 0.4) is 0 Å². The second-order valence-corrected chi connectivity index (χ2v) is 8.82. The molecule has 1 atom stereocenters. The van der Waals surface area contributed by atoms with E-state index in [0.717, 1.165) is 68.6 Å². The van der Waals surface area contributed by atoms with E-state index in [4.69, 9.17) is 9.47 Å². The number of amides is 3. The van der Waals surface area contributed by atoms with Crippen molar-refractivity contribution in [2.24, 2.45) is 5.92 Å². The maximum absolute atomic E-state index is 13.3. The number of ether oxygens (including phenoxy) is 2. The molecule has 0 bridgehead atoms. The number of rotatable bonds is 6. The molecule has 2 saturated heterocycles. The Labute approximate surface area is 178 Å². The molecule has 1 spiro atoms. The minimum Gasteiger partial charge on any atom is -0.497 e. The van der Waals surface area contributed by atoms with E-state index in [1.165, 1.54) is 4.90 Å². The quantitative estimate of drug-likeness (QED) is 0.718. The average Bonchev–Trinajstić information content (AvgIpc) is 3.32. The summed E-state index contributed by atoms with van der Waals surface area (Å²) in [6, 6.07) is 5.64. The van der Waals surface area contributed by atoms with Gasteiger partial charge in [0.2, 0.25) is 0 Å².